The number of hydrogen-bond donors (Lipinski definition) is 3. The van der Waals surface area contributed by atoms with Crippen molar-refractivity contribution in [2.24, 2.45) is 10.9 Å². The lowest BCUT2D eigenvalue weighted by Crippen LogP contribution is -2.12. The van der Waals surface area contributed by atoms with Crippen molar-refractivity contribution in [3.8, 4) is 17.0 Å². The number of aldehydes is 1. The first-order valence-electron chi connectivity index (χ1n) is 11.1. The summed E-state index contributed by atoms with van der Waals surface area (Å²) >= 11 is 2.04. The molecular weight excluding hydrogens is 485 g/mol. The van der Waals surface area contributed by atoms with Gasteiger partial charge in [-0.05, 0) is 85.6 Å². The first-order valence-corrected chi connectivity index (χ1v) is 12.8. The van der Waals surface area contributed by atoms with E-state index in [4.69, 9.17) is 9.88 Å². The number of rotatable bonds is 7. The SMILES string of the molecule is CC(C)(O)c1cc(F)c(SN)s1.CN.COc1cc(-c2ccc(C)c(C(C)C)c2CC=O)ccn1. The van der Waals surface area contributed by atoms with Crippen LogP contribution in [0.1, 0.15) is 55.2 Å². The summed E-state index contributed by atoms with van der Waals surface area (Å²) < 4.78 is 18.5. The van der Waals surface area contributed by atoms with Gasteiger partial charge in [0.2, 0.25) is 5.88 Å². The molecule has 1 aromatic carbocycles. The second-order valence-electron chi connectivity index (χ2n) is 8.36. The van der Waals surface area contributed by atoms with Crippen LogP contribution in [0.25, 0.3) is 11.1 Å². The molecule has 0 bridgehead atoms. The summed E-state index contributed by atoms with van der Waals surface area (Å²) in [6.07, 6.45) is 3.13. The van der Waals surface area contributed by atoms with E-state index in [1.165, 1.54) is 35.6 Å². The Bertz CT molecular complexity index is 1100. The topological polar surface area (TPSA) is 111 Å². The van der Waals surface area contributed by atoms with Crippen LogP contribution in [-0.2, 0) is 16.8 Å². The number of ether oxygens (including phenoxy) is 1. The highest BCUT2D eigenvalue weighted by Gasteiger charge is 2.21. The van der Waals surface area contributed by atoms with E-state index >= 15 is 0 Å². The summed E-state index contributed by atoms with van der Waals surface area (Å²) in [7, 11) is 3.10. The molecular formula is C26H36FN3O3S2. The number of thiophene rings is 1. The van der Waals surface area contributed by atoms with Crippen molar-refractivity contribution in [2.45, 2.75) is 56.8 Å². The number of nitrogens with zero attached hydrogens (tertiary/aromatic N) is 1. The fourth-order valence-electron chi connectivity index (χ4n) is 3.58. The minimum absolute atomic E-state index is 0.357. The largest absolute Gasteiger partial charge is 0.481 e. The van der Waals surface area contributed by atoms with E-state index in [1.807, 2.05) is 12.1 Å². The Balaban J connectivity index is 0.000000372. The summed E-state index contributed by atoms with van der Waals surface area (Å²) in [5, 5.41) is 14.7. The van der Waals surface area contributed by atoms with Crippen LogP contribution in [0.15, 0.2) is 40.7 Å². The summed E-state index contributed by atoms with van der Waals surface area (Å²) in [5.74, 6) is 0.601. The minimum atomic E-state index is -0.987. The second kappa shape index (κ2) is 14.3. The number of carbonyl (C=O) groups excluding carboxylic acids is 1. The second-order valence-corrected chi connectivity index (χ2v) is 10.3. The first-order chi connectivity index (χ1) is 16.5. The van der Waals surface area contributed by atoms with Gasteiger partial charge in [0.15, 0.2) is 0 Å². The highest BCUT2D eigenvalue weighted by atomic mass is 32.2. The monoisotopic (exact) mass is 521 g/mol. The van der Waals surface area contributed by atoms with Gasteiger partial charge in [-0.3, -0.25) is 5.14 Å². The summed E-state index contributed by atoms with van der Waals surface area (Å²) in [6, 6.07) is 9.37. The minimum Gasteiger partial charge on any atom is -0.481 e. The molecule has 3 rings (SSSR count). The Morgan fingerprint density at radius 1 is 1.26 bits per heavy atom. The van der Waals surface area contributed by atoms with E-state index in [9.17, 15) is 14.3 Å². The lowest BCUT2D eigenvalue weighted by Gasteiger charge is -2.19. The summed E-state index contributed by atoms with van der Waals surface area (Å²) in [4.78, 5) is 15.9. The molecule has 0 saturated heterocycles. The molecule has 6 nitrogen and oxygen atoms in total. The van der Waals surface area contributed by atoms with Gasteiger partial charge in [0, 0.05) is 23.6 Å². The van der Waals surface area contributed by atoms with Crippen LogP contribution >= 0.6 is 23.3 Å². The third-order valence-corrected chi connectivity index (χ3v) is 7.23. The molecule has 0 saturated carbocycles. The molecule has 0 aliphatic carbocycles. The first kappa shape index (κ1) is 30.7. The quantitative estimate of drug-likeness (QED) is 0.275. The molecule has 0 radical (unpaired) electrons. The number of hydrogen-bond acceptors (Lipinski definition) is 8. The number of aromatic nitrogens is 1. The van der Waals surface area contributed by atoms with E-state index in [2.05, 4.69) is 43.6 Å². The smallest absolute Gasteiger partial charge is 0.213 e. The van der Waals surface area contributed by atoms with Gasteiger partial charge in [0.25, 0.3) is 0 Å². The fourth-order valence-corrected chi connectivity index (χ4v) is 4.98. The number of benzene rings is 1. The van der Waals surface area contributed by atoms with Gasteiger partial charge >= 0.3 is 0 Å². The predicted molar refractivity (Wildman–Crippen MR) is 144 cm³/mol. The molecule has 9 heteroatoms. The maximum Gasteiger partial charge on any atom is 0.213 e. The van der Waals surface area contributed by atoms with Crippen molar-refractivity contribution in [2.75, 3.05) is 14.2 Å². The Morgan fingerprint density at radius 3 is 2.37 bits per heavy atom. The molecule has 2 heterocycles. The lowest BCUT2D eigenvalue weighted by atomic mass is 9.86. The Labute approximate surface area is 216 Å². The van der Waals surface area contributed by atoms with Crippen molar-refractivity contribution in [1.82, 2.24) is 4.98 Å². The number of methoxy groups -OCH3 is 1. The van der Waals surface area contributed by atoms with E-state index < -0.39 is 5.60 Å². The fraction of sp³-hybridized carbons (Fsp3) is 0.385. The van der Waals surface area contributed by atoms with Crippen LogP contribution in [-0.4, -0.2) is 30.5 Å². The van der Waals surface area contributed by atoms with E-state index in [1.54, 1.807) is 27.2 Å². The molecule has 0 aliphatic rings. The van der Waals surface area contributed by atoms with Crippen molar-refractivity contribution < 1.29 is 19.0 Å². The molecule has 5 N–H and O–H groups in total. The summed E-state index contributed by atoms with van der Waals surface area (Å²) in [5.41, 5.74) is 9.22. The van der Waals surface area contributed by atoms with Crippen molar-refractivity contribution in [3.05, 3.63) is 63.9 Å². The van der Waals surface area contributed by atoms with E-state index in [0.29, 0.717) is 27.3 Å². The van der Waals surface area contributed by atoms with Crippen LogP contribution in [0.5, 0.6) is 5.88 Å². The van der Waals surface area contributed by atoms with Crippen molar-refractivity contribution in [3.63, 3.8) is 0 Å². The number of aryl methyl sites for hydroxylation is 1. The molecule has 2 aromatic heterocycles. The number of carbonyl (C=O) groups is 1. The zero-order valence-corrected chi connectivity index (χ0v) is 23.0. The zero-order chi connectivity index (χ0) is 26.8. The normalized spacial score (nSPS) is 10.7. The van der Waals surface area contributed by atoms with Gasteiger partial charge in [-0.1, -0.05) is 26.0 Å². The number of aliphatic hydroxyl groups is 1. The van der Waals surface area contributed by atoms with Crippen molar-refractivity contribution in [1.29, 1.82) is 0 Å². The Morgan fingerprint density at radius 2 is 1.91 bits per heavy atom. The van der Waals surface area contributed by atoms with Gasteiger partial charge in [0.1, 0.15) is 16.3 Å². The number of halogens is 1. The Kier molecular flexibility index (Phi) is 12.6. The van der Waals surface area contributed by atoms with Gasteiger partial charge in [0.05, 0.1) is 12.7 Å². The van der Waals surface area contributed by atoms with E-state index in [-0.39, 0.29) is 5.82 Å². The van der Waals surface area contributed by atoms with Crippen LogP contribution in [0.3, 0.4) is 0 Å². The maximum absolute atomic E-state index is 12.9. The van der Waals surface area contributed by atoms with Gasteiger partial charge in [-0.2, -0.15) is 0 Å². The average molecular weight is 522 g/mol. The zero-order valence-electron chi connectivity index (χ0n) is 21.4. The highest BCUT2D eigenvalue weighted by Crippen LogP contribution is 2.35. The molecule has 0 spiro atoms. The third-order valence-electron chi connectivity index (χ3n) is 5.06. The van der Waals surface area contributed by atoms with E-state index in [0.717, 1.165) is 34.9 Å². The van der Waals surface area contributed by atoms with Gasteiger partial charge < -0.3 is 20.4 Å². The molecule has 0 unspecified atom stereocenters. The van der Waals surface area contributed by atoms with Gasteiger partial charge in [-0.25, -0.2) is 9.37 Å². The van der Waals surface area contributed by atoms with Gasteiger partial charge in [-0.15, -0.1) is 11.3 Å². The molecule has 0 atom stereocenters. The average Bonchev–Trinajstić information content (AvgIpc) is 3.22. The summed E-state index contributed by atoms with van der Waals surface area (Å²) in [6.45, 7) is 9.65. The predicted octanol–water partition coefficient (Wildman–Crippen LogP) is 5.59. The third kappa shape index (κ3) is 8.40. The molecule has 0 amide bonds. The molecule has 3 aromatic rings. The molecule has 192 valence electrons. The van der Waals surface area contributed by atoms with Crippen LogP contribution < -0.4 is 15.6 Å². The standard InChI is InChI=1S/C18H21NO2.C7H10FNOS2.CH5N/c1-12(2)18-13(3)5-6-15(16(18)8-10-20)14-7-9-19-17(11-14)21-4;1-7(2,10)5-3-4(8)6(11-5)12-9;1-2/h5-7,9-12H,8H2,1-4H3;3,10H,9H2,1-2H3;2H2,1H3. The van der Waals surface area contributed by atoms with Crippen LogP contribution in [0, 0.1) is 12.7 Å². The lowest BCUT2D eigenvalue weighted by molar-refractivity contribution is -0.107. The van der Waals surface area contributed by atoms with Crippen LogP contribution in [0.4, 0.5) is 4.39 Å². The van der Waals surface area contributed by atoms with Crippen LogP contribution in [0.2, 0.25) is 0 Å². The molecule has 35 heavy (non-hydrogen) atoms. The molecule has 0 fully saturated rings. The maximum atomic E-state index is 12.9. The Hall–Kier alpha value is -2.30. The molecule has 0 aliphatic heterocycles. The van der Waals surface area contributed by atoms with Crippen molar-refractivity contribution >= 4 is 29.6 Å². The number of nitrogens with two attached hydrogens (primary N) is 2. The highest BCUT2D eigenvalue weighted by molar-refractivity contribution is 7.99. The number of pyridine rings is 1.